The number of anilines is 2. The minimum Gasteiger partial charge on any atom is -0.463 e. The van der Waals surface area contributed by atoms with Gasteiger partial charge in [-0.1, -0.05) is 19.8 Å². The maximum atomic E-state index is 5.77. The number of nitrogens with one attached hydrogen (secondary N) is 1. The second-order valence-corrected chi connectivity index (χ2v) is 5.52. The van der Waals surface area contributed by atoms with Gasteiger partial charge in [-0.15, -0.1) is 0 Å². The van der Waals surface area contributed by atoms with Crippen molar-refractivity contribution in [3.8, 4) is 6.01 Å². The molecular formula is C14H25N5O. The van der Waals surface area contributed by atoms with Crippen LogP contribution in [0.2, 0.25) is 0 Å². The summed E-state index contributed by atoms with van der Waals surface area (Å²) in [5, 5.41) is 3.19. The molecule has 112 valence electrons. The highest BCUT2D eigenvalue weighted by Gasteiger charge is 2.17. The summed E-state index contributed by atoms with van der Waals surface area (Å²) in [7, 11) is 3.83. The highest BCUT2D eigenvalue weighted by atomic mass is 16.5. The van der Waals surface area contributed by atoms with E-state index in [4.69, 9.17) is 4.74 Å². The summed E-state index contributed by atoms with van der Waals surface area (Å²) in [6, 6.07) is 0.425. The van der Waals surface area contributed by atoms with Gasteiger partial charge in [0.2, 0.25) is 11.9 Å². The molecule has 1 aliphatic rings. The van der Waals surface area contributed by atoms with E-state index in [9.17, 15) is 0 Å². The number of aromatic nitrogens is 3. The predicted octanol–water partition coefficient (Wildman–Crippen LogP) is 2.33. The summed E-state index contributed by atoms with van der Waals surface area (Å²) in [6.07, 6.45) is 6.18. The van der Waals surface area contributed by atoms with Crippen molar-refractivity contribution in [2.45, 2.75) is 39.0 Å². The second-order valence-electron chi connectivity index (χ2n) is 5.52. The molecule has 0 atom stereocenters. The molecule has 1 aromatic rings. The van der Waals surface area contributed by atoms with E-state index in [1.54, 1.807) is 0 Å². The Kier molecular flexibility index (Phi) is 5.38. The molecular weight excluding hydrogens is 254 g/mol. The van der Waals surface area contributed by atoms with Crippen LogP contribution in [0.1, 0.15) is 39.0 Å². The number of hydrogen-bond acceptors (Lipinski definition) is 6. The highest BCUT2D eigenvalue weighted by Crippen LogP contribution is 2.25. The van der Waals surface area contributed by atoms with Crippen LogP contribution in [0.25, 0.3) is 0 Å². The maximum absolute atomic E-state index is 5.77. The maximum Gasteiger partial charge on any atom is 0.323 e. The van der Waals surface area contributed by atoms with Gasteiger partial charge in [0.05, 0.1) is 6.61 Å². The fourth-order valence-electron chi connectivity index (χ4n) is 2.30. The van der Waals surface area contributed by atoms with Gasteiger partial charge in [-0.05, 0) is 25.2 Å². The van der Waals surface area contributed by atoms with E-state index < -0.39 is 0 Å². The largest absolute Gasteiger partial charge is 0.463 e. The van der Waals surface area contributed by atoms with E-state index in [0.717, 1.165) is 13.0 Å². The molecule has 0 bridgehead atoms. The van der Waals surface area contributed by atoms with Crippen LogP contribution in [0.4, 0.5) is 11.9 Å². The first-order valence-electron chi connectivity index (χ1n) is 7.49. The average molecular weight is 279 g/mol. The van der Waals surface area contributed by atoms with Crippen LogP contribution in [-0.2, 0) is 0 Å². The Bertz CT molecular complexity index is 418. The lowest BCUT2D eigenvalue weighted by Crippen LogP contribution is -2.17. The van der Waals surface area contributed by atoms with Crippen LogP contribution >= 0.6 is 0 Å². The number of hydrogen-bond donors (Lipinski definition) is 1. The third-order valence-electron chi connectivity index (χ3n) is 3.46. The van der Waals surface area contributed by atoms with Gasteiger partial charge >= 0.3 is 6.01 Å². The molecule has 1 N–H and O–H groups in total. The van der Waals surface area contributed by atoms with Crippen molar-refractivity contribution in [1.29, 1.82) is 0 Å². The molecule has 1 heterocycles. The van der Waals surface area contributed by atoms with Gasteiger partial charge in [-0.3, -0.25) is 0 Å². The van der Waals surface area contributed by atoms with Crippen molar-refractivity contribution in [1.82, 2.24) is 15.0 Å². The van der Waals surface area contributed by atoms with Crippen molar-refractivity contribution >= 4 is 11.9 Å². The number of rotatable bonds is 7. The van der Waals surface area contributed by atoms with E-state index in [0.29, 0.717) is 30.4 Å². The van der Waals surface area contributed by atoms with Gasteiger partial charge in [0.15, 0.2) is 0 Å². The zero-order valence-electron chi connectivity index (χ0n) is 12.7. The molecule has 0 unspecified atom stereocenters. The smallest absolute Gasteiger partial charge is 0.323 e. The summed E-state index contributed by atoms with van der Waals surface area (Å²) in [5.41, 5.74) is 0. The number of nitrogens with zero attached hydrogens (tertiary/aromatic N) is 4. The van der Waals surface area contributed by atoms with Crippen LogP contribution in [0.5, 0.6) is 6.01 Å². The van der Waals surface area contributed by atoms with E-state index in [1.807, 2.05) is 19.0 Å². The summed E-state index contributed by atoms with van der Waals surface area (Å²) >= 11 is 0. The first-order chi connectivity index (χ1) is 9.69. The van der Waals surface area contributed by atoms with E-state index in [2.05, 4.69) is 27.2 Å². The molecule has 1 fully saturated rings. The zero-order chi connectivity index (χ0) is 14.4. The lowest BCUT2D eigenvalue weighted by atomic mass is 10.1. The van der Waals surface area contributed by atoms with Crippen LogP contribution in [0, 0.1) is 5.92 Å². The molecule has 1 aromatic heterocycles. The molecule has 0 amide bonds. The molecule has 1 saturated carbocycles. The molecule has 1 aliphatic carbocycles. The molecule has 6 nitrogen and oxygen atoms in total. The SMILES string of the molecule is CCCNc1nc(OCC2CCCC2)nc(N(C)C)n1. The average Bonchev–Trinajstić information content (AvgIpc) is 2.96. The van der Waals surface area contributed by atoms with Crippen molar-refractivity contribution in [2.24, 2.45) is 5.92 Å². The van der Waals surface area contributed by atoms with Gasteiger partial charge in [-0.25, -0.2) is 0 Å². The van der Waals surface area contributed by atoms with Gasteiger partial charge in [-0.2, -0.15) is 15.0 Å². The van der Waals surface area contributed by atoms with Crippen molar-refractivity contribution in [2.75, 3.05) is 37.5 Å². The van der Waals surface area contributed by atoms with Crippen molar-refractivity contribution < 1.29 is 4.74 Å². The first-order valence-corrected chi connectivity index (χ1v) is 7.49. The summed E-state index contributed by atoms with van der Waals surface area (Å²) in [6.45, 7) is 3.67. The standard InChI is InChI=1S/C14H25N5O/c1-4-9-15-12-16-13(19(2)3)18-14(17-12)20-10-11-7-5-6-8-11/h11H,4-10H2,1-3H3,(H,15,16,17,18). The minimum atomic E-state index is 0.425. The lowest BCUT2D eigenvalue weighted by Gasteiger charge is -2.14. The van der Waals surface area contributed by atoms with Gasteiger partial charge in [0, 0.05) is 20.6 Å². The topological polar surface area (TPSA) is 63.2 Å². The first kappa shape index (κ1) is 14.8. The Balaban J connectivity index is 2.02. The molecule has 0 aromatic carbocycles. The van der Waals surface area contributed by atoms with Crippen LogP contribution in [0.3, 0.4) is 0 Å². The van der Waals surface area contributed by atoms with Gasteiger partial charge < -0.3 is 15.0 Å². The minimum absolute atomic E-state index is 0.425. The predicted molar refractivity (Wildman–Crippen MR) is 80.4 cm³/mol. The van der Waals surface area contributed by atoms with E-state index >= 15 is 0 Å². The van der Waals surface area contributed by atoms with Gasteiger partial charge in [0.1, 0.15) is 0 Å². The fraction of sp³-hybridized carbons (Fsp3) is 0.786. The van der Waals surface area contributed by atoms with Crippen molar-refractivity contribution in [3.63, 3.8) is 0 Å². The Labute approximate surface area is 121 Å². The fourth-order valence-corrected chi connectivity index (χ4v) is 2.30. The summed E-state index contributed by atoms with van der Waals surface area (Å²) < 4.78 is 5.77. The molecule has 20 heavy (non-hydrogen) atoms. The quantitative estimate of drug-likeness (QED) is 0.826. The monoisotopic (exact) mass is 279 g/mol. The highest BCUT2D eigenvalue weighted by molar-refractivity contribution is 5.36. The zero-order valence-corrected chi connectivity index (χ0v) is 12.7. The van der Waals surface area contributed by atoms with E-state index in [-0.39, 0.29) is 0 Å². The van der Waals surface area contributed by atoms with Crippen LogP contribution in [-0.4, -0.2) is 42.2 Å². The molecule has 6 heteroatoms. The Morgan fingerprint density at radius 3 is 2.60 bits per heavy atom. The third kappa shape index (κ3) is 4.21. The third-order valence-corrected chi connectivity index (χ3v) is 3.46. The molecule has 2 rings (SSSR count). The normalized spacial score (nSPS) is 15.3. The van der Waals surface area contributed by atoms with Gasteiger partial charge in [0.25, 0.3) is 0 Å². The molecule has 0 spiro atoms. The Hall–Kier alpha value is -1.59. The molecule has 0 radical (unpaired) electrons. The lowest BCUT2D eigenvalue weighted by molar-refractivity contribution is 0.234. The molecule has 0 saturated heterocycles. The summed E-state index contributed by atoms with van der Waals surface area (Å²) in [5.74, 6) is 1.87. The van der Waals surface area contributed by atoms with E-state index in [1.165, 1.54) is 25.7 Å². The van der Waals surface area contributed by atoms with Crippen LogP contribution < -0.4 is 15.0 Å². The molecule has 0 aliphatic heterocycles. The Morgan fingerprint density at radius 1 is 1.20 bits per heavy atom. The van der Waals surface area contributed by atoms with Crippen molar-refractivity contribution in [3.05, 3.63) is 0 Å². The summed E-state index contributed by atoms with van der Waals surface area (Å²) in [4.78, 5) is 14.9. The van der Waals surface area contributed by atoms with Crippen LogP contribution in [0.15, 0.2) is 0 Å². The number of ether oxygens (including phenoxy) is 1. The second kappa shape index (κ2) is 7.26. The Morgan fingerprint density at radius 2 is 1.95 bits per heavy atom.